The lowest BCUT2D eigenvalue weighted by Gasteiger charge is -2.08. The Labute approximate surface area is 146 Å². The summed E-state index contributed by atoms with van der Waals surface area (Å²) in [6, 6.07) is 7.58. The number of nitrogens with zero attached hydrogens (tertiary/aromatic N) is 3. The van der Waals surface area contributed by atoms with Crippen LogP contribution in [-0.2, 0) is 0 Å². The standard InChI is InChI=1S/C17H22N4O2S/c1-3-4-5-8-11-23-15-10-7-6-9-14(15)12-18-21-16(22)13(2)19-20-17(21)24/h6-7,9-10,12H,3-5,8,11H2,1-2H3,(H,20,24)/b18-12+. The maximum Gasteiger partial charge on any atom is 0.296 e. The van der Waals surface area contributed by atoms with Crippen molar-refractivity contribution >= 4 is 18.4 Å². The Morgan fingerprint density at radius 2 is 2.12 bits per heavy atom. The first kappa shape index (κ1) is 18.1. The maximum atomic E-state index is 12.0. The molecule has 1 N–H and O–H groups in total. The summed E-state index contributed by atoms with van der Waals surface area (Å²) < 4.78 is 7.10. The van der Waals surface area contributed by atoms with Crippen LogP contribution in [0.4, 0.5) is 0 Å². The minimum atomic E-state index is -0.340. The molecule has 0 bridgehead atoms. The highest BCUT2D eigenvalue weighted by Gasteiger charge is 2.03. The SMILES string of the molecule is CCCCCCOc1ccccc1/C=N/n1c(=S)[nH]nc(C)c1=O. The molecule has 2 rings (SSSR count). The predicted octanol–water partition coefficient (Wildman–Crippen LogP) is 3.45. The quantitative estimate of drug-likeness (QED) is 0.451. The third-order valence-electron chi connectivity index (χ3n) is 3.50. The summed E-state index contributed by atoms with van der Waals surface area (Å²) in [4.78, 5) is 12.0. The smallest absolute Gasteiger partial charge is 0.296 e. The zero-order chi connectivity index (χ0) is 17.4. The van der Waals surface area contributed by atoms with E-state index in [1.165, 1.54) is 12.8 Å². The molecule has 0 spiro atoms. The zero-order valence-corrected chi connectivity index (χ0v) is 14.8. The molecule has 24 heavy (non-hydrogen) atoms. The van der Waals surface area contributed by atoms with Crippen LogP contribution < -0.4 is 10.3 Å². The molecule has 0 radical (unpaired) electrons. The lowest BCUT2D eigenvalue weighted by molar-refractivity contribution is 0.304. The van der Waals surface area contributed by atoms with Crippen LogP contribution in [0.5, 0.6) is 5.75 Å². The van der Waals surface area contributed by atoms with E-state index in [4.69, 9.17) is 17.0 Å². The molecule has 0 saturated heterocycles. The largest absolute Gasteiger partial charge is 0.493 e. The molecule has 0 aliphatic rings. The van der Waals surface area contributed by atoms with Gasteiger partial charge in [-0.05, 0) is 37.7 Å². The van der Waals surface area contributed by atoms with Gasteiger partial charge in [-0.1, -0.05) is 38.3 Å². The molecule has 0 unspecified atom stereocenters. The molecule has 1 heterocycles. The van der Waals surface area contributed by atoms with Crippen LogP contribution in [0.3, 0.4) is 0 Å². The minimum absolute atomic E-state index is 0.153. The first-order chi connectivity index (χ1) is 11.6. The average molecular weight is 346 g/mol. The monoisotopic (exact) mass is 346 g/mol. The van der Waals surface area contributed by atoms with Crippen LogP contribution >= 0.6 is 12.2 Å². The van der Waals surface area contributed by atoms with Gasteiger partial charge in [0.1, 0.15) is 11.4 Å². The van der Waals surface area contributed by atoms with Crippen LogP contribution in [0.2, 0.25) is 0 Å². The second-order valence-electron chi connectivity index (χ2n) is 5.42. The molecule has 0 aliphatic heterocycles. The zero-order valence-electron chi connectivity index (χ0n) is 14.0. The maximum absolute atomic E-state index is 12.0. The lowest BCUT2D eigenvalue weighted by Crippen LogP contribution is -2.22. The minimum Gasteiger partial charge on any atom is -0.493 e. The van der Waals surface area contributed by atoms with E-state index in [2.05, 4.69) is 22.2 Å². The van der Waals surface area contributed by atoms with Crippen LogP contribution in [-0.4, -0.2) is 27.7 Å². The summed E-state index contributed by atoms with van der Waals surface area (Å²) in [6.45, 7) is 4.45. The van der Waals surface area contributed by atoms with Crippen molar-refractivity contribution in [3.05, 3.63) is 50.6 Å². The highest BCUT2D eigenvalue weighted by Crippen LogP contribution is 2.16. The molecule has 0 aliphatic carbocycles. The fraction of sp³-hybridized carbons (Fsp3) is 0.412. The Balaban J connectivity index is 2.14. The summed E-state index contributed by atoms with van der Waals surface area (Å²) in [5, 5.41) is 10.6. The Morgan fingerprint density at radius 1 is 1.33 bits per heavy atom. The van der Waals surface area contributed by atoms with Crippen molar-refractivity contribution in [2.75, 3.05) is 6.61 Å². The van der Waals surface area contributed by atoms with Gasteiger partial charge in [-0.15, -0.1) is 0 Å². The average Bonchev–Trinajstić information content (AvgIpc) is 2.59. The second kappa shape index (κ2) is 9.12. The van der Waals surface area contributed by atoms with Gasteiger partial charge in [0.25, 0.3) is 5.56 Å². The number of hydrogen-bond acceptors (Lipinski definition) is 5. The predicted molar refractivity (Wildman–Crippen MR) is 97.5 cm³/mol. The summed E-state index contributed by atoms with van der Waals surface area (Å²) in [6.07, 6.45) is 6.17. The molecule has 1 aromatic heterocycles. The molecule has 0 amide bonds. The van der Waals surface area contributed by atoms with Gasteiger partial charge in [-0.3, -0.25) is 9.89 Å². The summed E-state index contributed by atoms with van der Waals surface area (Å²) in [5.74, 6) is 0.742. The molecular formula is C17H22N4O2S. The fourth-order valence-electron chi connectivity index (χ4n) is 2.13. The third-order valence-corrected chi connectivity index (χ3v) is 3.76. The molecule has 2 aromatic rings. The van der Waals surface area contributed by atoms with E-state index in [1.54, 1.807) is 13.1 Å². The van der Waals surface area contributed by atoms with Crippen molar-refractivity contribution in [2.24, 2.45) is 5.10 Å². The number of ether oxygens (including phenoxy) is 1. The number of hydrogen-bond donors (Lipinski definition) is 1. The van der Waals surface area contributed by atoms with Gasteiger partial charge < -0.3 is 4.74 Å². The molecule has 1 aromatic carbocycles. The van der Waals surface area contributed by atoms with E-state index >= 15 is 0 Å². The Morgan fingerprint density at radius 3 is 2.92 bits per heavy atom. The summed E-state index contributed by atoms with van der Waals surface area (Å²) in [7, 11) is 0. The number of para-hydroxylation sites is 1. The van der Waals surface area contributed by atoms with E-state index < -0.39 is 0 Å². The van der Waals surface area contributed by atoms with E-state index in [9.17, 15) is 4.79 Å². The number of aryl methyl sites for hydroxylation is 1. The number of nitrogens with one attached hydrogen (secondary N) is 1. The van der Waals surface area contributed by atoms with E-state index in [1.807, 2.05) is 24.3 Å². The van der Waals surface area contributed by atoms with Crippen molar-refractivity contribution < 1.29 is 4.74 Å². The number of benzene rings is 1. The van der Waals surface area contributed by atoms with Crippen molar-refractivity contribution in [2.45, 2.75) is 39.5 Å². The van der Waals surface area contributed by atoms with Crippen LogP contribution in [0.15, 0.2) is 34.2 Å². The molecule has 0 fully saturated rings. The topological polar surface area (TPSA) is 72.3 Å². The van der Waals surface area contributed by atoms with E-state index in [0.717, 1.165) is 28.8 Å². The summed E-state index contributed by atoms with van der Waals surface area (Å²) in [5.41, 5.74) is 0.762. The van der Waals surface area contributed by atoms with Crippen LogP contribution in [0, 0.1) is 11.7 Å². The Bertz CT molecular complexity index is 811. The molecule has 128 valence electrons. The van der Waals surface area contributed by atoms with Crippen LogP contribution in [0.25, 0.3) is 0 Å². The number of rotatable bonds is 8. The lowest BCUT2D eigenvalue weighted by atomic mass is 10.2. The van der Waals surface area contributed by atoms with E-state index in [-0.39, 0.29) is 10.3 Å². The Kier molecular flexibility index (Phi) is 6.87. The first-order valence-electron chi connectivity index (χ1n) is 8.08. The highest BCUT2D eigenvalue weighted by atomic mass is 32.1. The molecular weight excluding hydrogens is 324 g/mol. The van der Waals surface area contributed by atoms with E-state index in [0.29, 0.717) is 12.3 Å². The number of H-pyrrole nitrogens is 1. The van der Waals surface area contributed by atoms with Gasteiger partial charge in [0, 0.05) is 5.56 Å². The first-order valence-corrected chi connectivity index (χ1v) is 8.49. The van der Waals surface area contributed by atoms with Crippen molar-refractivity contribution in [3.8, 4) is 5.75 Å². The molecule has 6 nitrogen and oxygen atoms in total. The molecule has 7 heteroatoms. The van der Waals surface area contributed by atoms with Gasteiger partial charge in [-0.2, -0.15) is 14.9 Å². The van der Waals surface area contributed by atoms with Crippen molar-refractivity contribution in [3.63, 3.8) is 0 Å². The number of unbranched alkanes of at least 4 members (excludes halogenated alkanes) is 3. The second-order valence-corrected chi connectivity index (χ2v) is 5.81. The van der Waals surface area contributed by atoms with Gasteiger partial charge >= 0.3 is 0 Å². The van der Waals surface area contributed by atoms with Crippen molar-refractivity contribution in [1.29, 1.82) is 0 Å². The highest BCUT2D eigenvalue weighted by molar-refractivity contribution is 7.71. The van der Waals surface area contributed by atoms with Gasteiger partial charge in [0.05, 0.1) is 12.8 Å². The Hall–Kier alpha value is -2.28. The van der Waals surface area contributed by atoms with Crippen molar-refractivity contribution in [1.82, 2.24) is 14.9 Å². The summed E-state index contributed by atoms with van der Waals surface area (Å²) >= 11 is 5.06. The van der Waals surface area contributed by atoms with Crippen LogP contribution in [0.1, 0.15) is 43.9 Å². The normalized spacial score (nSPS) is 11.1. The molecule has 0 saturated carbocycles. The number of aromatic nitrogens is 3. The van der Waals surface area contributed by atoms with Gasteiger partial charge in [0.15, 0.2) is 0 Å². The number of aromatic amines is 1. The van der Waals surface area contributed by atoms with Gasteiger partial charge in [-0.25, -0.2) is 0 Å². The fourth-order valence-corrected chi connectivity index (χ4v) is 2.30. The third kappa shape index (κ3) is 4.86. The molecule has 0 atom stereocenters. The van der Waals surface area contributed by atoms with Gasteiger partial charge in [0.2, 0.25) is 4.77 Å².